The fraction of sp³-hybridized carbons (Fsp3) is 0.758. The van der Waals surface area contributed by atoms with Gasteiger partial charge in [-0.15, -0.1) is 0 Å². The molecule has 1 amide bonds. The van der Waals surface area contributed by atoms with Crippen LogP contribution in [0.1, 0.15) is 284 Å². The largest absolute Gasteiger partial charge is 0.394 e. The van der Waals surface area contributed by atoms with Crippen LogP contribution in [0.5, 0.6) is 0 Å². The molecule has 4 nitrogen and oxygen atoms in total. The molecule has 4 heteroatoms. The first-order chi connectivity index (χ1) is 32.7. The molecule has 66 heavy (non-hydrogen) atoms. The summed E-state index contributed by atoms with van der Waals surface area (Å²) in [4.78, 5) is 12.4. The Morgan fingerprint density at radius 3 is 1.06 bits per heavy atom. The highest BCUT2D eigenvalue weighted by Crippen LogP contribution is 2.17. The lowest BCUT2D eigenvalue weighted by molar-refractivity contribution is -0.123. The van der Waals surface area contributed by atoms with E-state index in [4.69, 9.17) is 0 Å². The predicted molar refractivity (Wildman–Crippen MR) is 294 cm³/mol. The zero-order valence-electron chi connectivity index (χ0n) is 43.9. The number of amides is 1. The van der Waals surface area contributed by atoms with Crippen LogP contribution in [0.25, 0.3) is 0 Å². The topological polar surface area (TPSA) is 69.6 Å². The third-order valence-electron chi connectivity index (χ3n) is 12.8. The van der Waals surface area contributed by atoms with Crippen molar-refractivity contribution in [3.63, 3.8) is 0 Å². The standard InChI is InChI=1S/C62H111NO3/c1-3-5-7-9-11-13-15-17-18-19-20-21-22-23-24-25-26-27-28-29-30-31-32-33-34-35-36-37-38-39-40-41-42-43-44-46-48-50-52-54-56-58-62(66)63-60(59-64)61(65)57-55-53-51-49-47-45-16-14-12-10-8-6-4-2/h5,7,11-14,17-18,20-21,47,49,55,57,60-61,64-65H,3-4,6,8-10,15-16,19,22-46,48,50-54,56,58-59H2,1-2H3,(H,63,66)/b7-5-,13-11-,14-12+,18-17-,21-20-,49-47+,57-55+. The van der Waals surface area contributed by atoms with E-state index in [9.17, 15) is 15.0 Å². The van der Waals surface area contributed by atoms with Crippen molar-refractivity contribution >= 4 is 5.91 Å². The number of carbonyl (C=O) groups excluding carboxylic acids is 1. The van der Waals surface area contributed by atoms with Crippen LogP contribution in [0.15, 0.2) is 85.1 Å². The lowest BCUT2D eigenvalue weighted by Crippen LogP contribution is -2.45. The second kappa shape index (κ2) is 56.9. The zero-order valence-corrected chi connectivity index (χ0v) is 43.9. The SMILES string of the molecule is CC/C=C\C/C=C\C/C=C\C/C=C\CCCCCCCCCCCCCCCCCCCCCCCCCCCCCCC(=O)NC(CO)C(O)/C=C/CC/C=C/CC/C=C/CCCCC. The number of rotatable bonds is 52. The Morgan fingerprint density at radius 1 is 0.379 bits per heavy atom. The van der Waals surface area contributed by atoms with E-state index in [1.807, 2.05) is 6.08 Å². The highest BCUT2D eigenvalue weighted by atomic mass is 16.3. The van der Waals surface area contributed by atoms with Gasteiger partial charge in [0.25, 0.3) is 0 Å². The molecule has 0 heterocycles. The number of nitrogens with one attached hydrogen (secondary N) is 1. The summed E-state index contributed by atoms with van der Waals surface area (Å²) >= 11 is 0. The molecule has 0 saturated heterocycles. The van der Waals surface area contributed by atoms with Crippen molar-refractivity contribution < 1.29 is 15.0 Å². The molecule has 0 aliphatic rings. The van der Waals surface area contributed by atoms with Gasteiger partial charge in [-0.25, -0.2) is 0 Å². The van der Waals surface area contributed by atoms with Crippen molar-refractivity contribution in [1.82, 2.24) is 5.32 Å². The number of unbranched alkanes of at least 4 members (excludes halogenated alkanes) is 33. The van der Waals surface area contributed by atoms with Gasteiger partial charge in [0.1, 0.15) is 0 Å². The predicted octanol–water partition coefficient (Wildman–Crippen LogP) is 19.1. The van der Waals surface area contributed by atoms with Gasteiger partial charge in [0.05, 0.1) is 18.8 Å². The molecule has 0 rings (SSSR count). The molecular weight excluding hydrogens is 807 g/mol. The van der Waals surface area contributed by atoms with Crippen molar-refractivity contribution in [2.45, 2.75) is 296 Å². The van der Waals surface area contributed by atoms with E-state index in [2.05, 4.69) is 92.1 Å². The summed E-state index contributed by atoms with van der Waals surface area (Å²) < 4.78 is 0. The average Bonchev–Trinajstić information content (AvgIpc) is 3.32. The average molecular weight is 919 g/mol. The Labute approximate surface area is 411 Å². The first-order valence-corrected chi connectivity index (χ1v) is 28.8. The number of carbonyl (C=O) groups is 1. The Morgan fingerprint density at radius 2 is 0.682 bits per heavy atom. The van der Waals surface area contributed by atoms with E-state index in [1.54, 1.807) is 6.08 Å². The maximum atomic E-state index is 12.4. The van der Waals surface area contributed by atoms with Crippen LogP contribution in [0.2, 0.25) is 0 Å². The number of aliphatic hydroxyl groups is 2. The molecule has 0 aromatic rings. The molecule has 0 saturated carbocycles. The van der Waals surface area contributed by atoms with Crippen LogP contribution in [0.3, 0.4) is 0 Å². The second-order valence-corrected chi connectivity index (χ2v) is 19.3. The van der Waals surface area contributed by atoms with Crippen LogP contribution in [0.4, 0.5) is 0 Å². The molecule has 3 N–H and O–H groups in total. The van der Waals surface area contributed by atoms with Crippen LogP contribution >= 0.6 is 0 Å². The number of hydrogen-bond acceptors (Lipinski definition) is 3. The Hall–Kier alpha value is -2.43. The summed E-state index contributed by atoms with van der Waals surface area (Å²) in [5, 5.41) is 23.0. The minimum Gasteiger partial charge on any atom is -0.394 e. The van der Waals surface area contributed by atoms with Gasteiger partial charge in [-0.05, 0) is 83.5 Å². The number of hydrogen-bond donors (Lipinski definition) is 3. The first kappa shape index (κ1) is 63.6. The van der Waals surface area contributed by atoms with Gasteiger partial charge in [-0.1, -0.05) is 279 Å². The molecule has 0 aromatic heterocycles. The van der Waals surface area contributed by atoms with Crippen LogP contribution in [0, 0.1) is 0 Å². The van der Waals surface area contributed by atoms with Gasteiger partial charge in [0.15, 0.2) is 0 Å². The molecular formula is C62H111NO3. The molecule has 0 aliphatic carbocycles. The van der Waals surface area contributed by atoms with Crippen molar-refractivity contribution in [2.75, 3.05) is 6.61 Å². The van der Waals surface area contributed by atoms with Gasteiger partial charge in [-0.3, -0.25) is 4.79 Å². The fourth-order valence-electron chi connectivity index (χ4n) is 8.50. The van der Waals surface area contributed by atoms with Crippen molar-refractivity contribution in [3.8, 4) is 0 Å². The highest BCUT2D eigenvalue weighted by Gasteiger charge is 2.18. The van der Waals surface area contributed by atoms with E-state index in [0.717, 1.165) is 64.2 Å². The third kappa shape index (κ3) is 52.5. The molecule has 2 atom stereocenters. The van der Waals surface area contributed by atoms with Crippen LogP contribution in [-0.4, -0.2) is 34.9 Å². The maximum Gasteiger partial charge on any atom is 0.220 e. The van der Waals surface area contributed by atoms with E-state index in [1.165, 1.54) is 199 Å². The Balaban J connectivity index is 3.40. The Kier molecular flexibility index (Phi) is 54.8. The molecule has 0 radical (unpaired) electrons. The van der Waals surface area contributed by atoms with Gasteiger partial charge >= 0.3 is 0 Å². The van der Waals surface area contributed by atoms with Crippen molar-refractivity contribution in [1.29, 1.82) is 0 Å². The van der Waals surface area contributed by atoms with E-state index < -0.39 is 12.1 Å². The van der Waals surface area contributed by atoms with Gasteiger partial charge in [-0.2, -0.15) is 0 Å². The van der Waals surface area contributed by atoms with Crippen LogP contribution < -0.4 is 5.32 Å². The van der Waals surface area contributed by atoms with Gasteiger partial charge < -0.3 is 15.5 Å². The summed E-state index contributed by atoms with van der Waals surface area (Å²) in [5.74, 6) is -0.0765. The quantitative estimate of drug-likeness (QED) is 0.0421. The summed E-state index contributed by atoms with van der Waals surface area (Å²) in [6.45, 7) is 4.15. The molecule has 0 spiro atoms. The molecule has 0 aromatic carbocycles. The van der Waals surface area contributed by atoms with E-state index in [0.29, 0.717) is 6.42 Å². The zero-order chi connectivity index (χ0) is 47.7. The summed E-state index contributed by atoms with van der Waals surface area (Å²) in [5.41, 5.74) is 0. The van der Waals surface area contributed by atoms with E-state index in [-0.39, 0.29) is 12.5 Å². The molecule has 0 bridgehead atoms. The Bertz CT molecular complexity index is 1180. The molecule has 0 aliphatic heterocycles. The van der Waals surface area contributed by atoms with Crippen LogP contribution in [-0.2, 0) is 4.79 Å². The van der Waals surface area contributed by atoms with E-state index >= 15 is 0 Å². The molecule has 382 valence electrons. The monoisotopic (exact) mass is 918 g/mol. The lowest BCUT2D eigenvalue weighted by Gasteiger charge is -2.19. The minimum absolute atomic E-state index is 0.0765. The normalized spacial score (nSPS) is 13.5. The third-order valence-corrected chi connectivity index (χ3v) is 12.8. The fourth-order valence-corrected chi connectivity index (χ4v) is 8.50. The second-order valence-electron chi connectivity index (χ2n) is 19.3. The van der Waals surface area contributed by atoms with Gasteiger partial charge in [0, 0.05) is 6.42 Å². The van der Waals surface area contributed by atoms with Crippen molar-refractivity contribution in [2.24, 2.45) is 0 Å². The summed E-state index contributed by atoms with van der Waals surface area (Å²) in [7, 11) is 0. The summed E-state index contributed by atoms with van der Waals surface area (Å²) in [6.07, 6.45) is 83.5. The highest BCUT2D eigenvalue weighted by molar-refractivity contribution is 5.76. The number of allylic oxidation sites excluding steroid dienone is 13. The maximum absolute atomic E-state index is 12.4. The lowest BCUT2D eigenvalue weighted by atomic mass is 10.0. The smallest absolute Gasteiger partial charge is 0.220 e. The molecule has 0 fully saturated rings. The molecule has 2 unspecified atom stereocenters. The number of aliphatic hydroxyl groups excluding tert-OH is 2. The first-order valence-electron chi connectivity index (χ1n) is 28.8. The minimum atomic E-state index is -0.870. The van der Waals surface area contributed by atoms with Gasteiger partial charge in [0.2, 0.25) is 5.91 Å². The summed E-state index contributed by atoms with van der Waals surface area (Å²) in [6, 6.07) is -0.645. The van der Waals surface area contributed by atoms with Crippen molar-refractivity contribution in [3.05, 3.63) is 85.1 Å².